The normalized spacial score (nSPS) is 11.3. The summed E-state index contributed by atoms with van der Waals surface area (Å²) in [5.74, 6) is 0. The SMILES string of the molecule is O=Cc1c(C(F)(F)F)cc[nH]c1=O. The van der Waals surface area contributed by atoms with Crippen LogP contribution in [0.25, 0.3) is 0 Å². The van der Waals surface area contributed by atoms with Crippen molar-refractivity contribution in [3.05, 3.63) is 33.7 Å². The molecule has 0 amide bonds. The summed E-state index contributed by atoms with van der Waals surface area (Å²) in [6, 6.07) is 0.644. The highest BCUT2D eigenvalue weighted by atomic mass is 19.4. The van der Waals surface area contributed by atoms with Crippen molar-refractivity contribution in [1.82, 2.24) is 4.98 Å². The fraction of sp³-hybridized carbons (Fsp3) is 0.143. The number of aromatic amines is 1. The van der Waals surface area contributed by atoms with Crippen LogP contribution in [0.2, 0.25) is 0 Å². The van der Waals surface area contributed by atoms with E-state index in [1.807, 2.05) is 4.98 Å². The van der Waals surface area contributed by atoms with Gasteiger partial charge in [-0.2, -0.15) is 13.2 Å². The van der Waals surface area contributed by atoms with Gasteiger partial charge < -0.3 is 4.98 Å². The number of H-pyrrole nitrogens is 1. The van der Waals surface area contributed by atoms with E-state index in [9.17, 15) is 22.8 Å². The number of carbonyl (C=O) groups excluding carboxylic acids is 1. The van der Waals surface area contributed by atoms with Crippen LogP contribution in [0.5, 0.6) is 0 Å². The van der Waals surface area contributed by atoms with Gasteiger partial charge in [0.25, 0.3) is 5.56 Å². The fourth-order valence-electron chi connectivity index (χ4n) is 0.855. The third kappa shape index (κ3) is 1.77. The van der Waals surface area contributed by atoms with Crippen molar-refractivity contribution in [1.29, 1.82) is 0 Å². The van der Waals surface area contributed by atoms with Crippen LogP contribution in [0, 0.1) is 0 Å². The second-order valence-electron chi connectivity index (χ2n) is 2.25. The van der Waals surface area contributed by atoms with E-state index < -0.39 is 22.9 Å². The molecule has 6 heteroatoms. The second kappa shape index (κ2) is 3.04. The van der Waals surface area contributed by atoms with Crippen molar-refractivity contribution in [3.8, 4) is 0 Å². The van der Waals surface area contributed by atoms with E-state index in [4.69, 9.17) is 0 Å². The van der Waals surface area contributed by atoms with Crippen LogP contribution in [-0.2, 0) is 6.18 Å². The number of aldehydes is 1. The molecule has 0 saturated carbocycles. The Balaban J connectivity index is 3.46. The van der Waals surface area contributed by atoms with Crippen LogP contribution in [0.1, 0.15) is 15.9 Å². The highest BCUT2D eigenvalue weighted by molar-refractivity contribution is 5.76. The quantitative estimate of drug-likeness (QED) is 0.678. The third-order valence-corrected chi connectivity index (χ3v) is 1.42. The number of pyridine rings is 1. The molecule has 13 heavy (non-hydrogen) atoms. The van der Waals surface area contributed by atoms with Crippen LogP contribution in [0.15, 0.2) is 17.1 Å². The van der Waals surface area contributed by atoms with E-state index in [-0.39, 0.29) is 6.29 Å². The van der Waals surface area contributed by atoms with Gasteiger partial charge >= 0.3 is 6.18 Å². The van der Waals surface area contributed by atoms with Gasteiger partial charge in [-0.05, 0) is 6.07 Å². The number of hydrogen-bond donors (Lipinski definition) is 1. The van der Waals surface area contributed by atoms with Crippen molar-refractivity contribution in [2.45, 2.75) is 6.18 Å². The highest BCUT2D eigenvalue weighted by Crippen LogP contribution is 2.29. The van der Waals surface area contributed by atoms with Crippen LogP contribution >= 0.6 is 0 Å². The molecule has 0 radical (unpaired) electrons. The molecule has 1 aromatic rings. The minimum atomic E-state index is -4.68. The summed E-state index contributed by atoms with van der Waals surface area (Å²) in [6.07, 6.45) is -3.94. The average molecular weight is 191 g/mol. The molecule has 1 N–H and O–H groups in total. The minimum absolute atomic E-state index is 0.109. The van der Waals surface area contributed by atoms with E-state index in [0.717, 1.165) is 6.20 Å². The number of hydrogen-bond acceptors (Lipinski definition) is 2. The number of rotatable bonds is 1. The molecule has 3 nitrogen and oxygen atoms in total. The van der Waals surface area contributed by atoms with Gasteiger partial charge in [0.05, 0.1) is 11.1 Å². The summed E-state index contributed by atoms with van der Waals surface area (Å²) < 4.78 is 36.3. The topological polar surface area (TPSA) is 49.9 Å². The van der Waals surface area contributed by atoms with Gasteiger partial charge in [-0.1, -0.05) is 0 Å². The van der Waals surface area contributed by atoms with Crippen molar-refractivity contribution in [3.63, 3.8) is 0 Å². The first-order chi connectivity index (χ1) is 5.96. The third-order valence-electron chi connectivity index (χ3n) is 1.42. The summed E-state index contributed by atoms with van der Waals surface area (Å²) in [5, 5.41) is 0. The first kappa shape index (κ1) is 9.50. The Morgan fingerprint density at radius 3 is 2.38 bits per heavy atom. The maximum Gasteiger partial charge on any atom is 0.417 e. The molecule has 0 saturated heterocycles. The van der Waals surface area contributed by atoms with Gasteiger partial charge in [-0.3, -0.25) is 9.59 Å². The van der Waals surface area contributed by atoms with E-state index >= 15 is 0 Å². The molecular weight excluding hydrogens is 187 g/mol. The predicted octanol–water partition coefficient (Wildman–Crippen LogP) is 1.21. The monoisotopic (exact) mass is 191 g/mol. The van der Waals surface area contributed by atoms with E-state index in [2.05, 4.69) is 0 Å². The predicted molar refractivity (Wildman–Crippen MR) is 37.5 cm³/mol. The zero-order chi connectivity index (χ0) is 10.1. The molecular formula is C7H4F3NO2. The number of carbonyl (C=O) groups is 1. The lowest BCUT2D eigenvalue weighted by molar-refractivity contribution is -0.138. The lowest BCUT2D eigenvalue weighted by Crippen LogP contribution is -2.19. The number of aromatic nitrogens is 1. The molecule has 0 aliphatic heterocycles. The molecule has 0 spiro atoms. The molecule has 0 atom stereocenters. The van der Waals surface area contributed by atoms with E-state index in [1.165, 1.54) is 0 Å². The molecule has 1 rings (SSSR count). The van der Waals surface area contributed by atoms with Gasteiger partial charge in [0.15, 0.2) is 6.29 Å². The van der Waals surface area contributed by atoms with Gasteiger partial charge in [0.2, 0.25) is 0 Å². The molecule has 0 bridgehead atoms. The summed E-state index contributed by atoms with van der Waals surface area (Å²) in [7, 11) is 0. The minimum Gasteiger partial charge on any atom is -0.328 e. The number of alkyl halides is 3. The first-order valence-corrected chi connectivity index (χ1v) is 3.21. The Bertz CT molecular complexity index is 380. The maximum absolute atomic E-state index is 12.1. The first-order valence-electron chi connectivity index (χ1n) is 3.21. The fourth-order valence-corrected chi connectivity index (χ4v) is 0.855. The van der Waals surface area contributed by atoms with E-state index in [1.54, 1.807) is 0 Å². The van der Waals surface area contributed by atoms with Crippen molar-refractivity contribution < 1.29 is 18.0 Å². The molecule has 0 aliphatic carbocycles. The standard InChI is InChI=1S/C7H4F3NO2/c8-7(9,10)5-1-2-11-6(13)4(5)3-12/h1-3H,(H,11,13). The summed E-state index contributed by atoms with van der Waals surface area (Å²) in [6.45, 7) is 0. The van der Waals surface area contributed by atoms with Gasteiger partial charge in [0, 0.05) is 6.20 Å². The lowest BCUT2D eigenvalue weighted by Gasteiger charge is -2.06. The largest absolute Gasteiger partial charge is 0.417 e. The smallest absolute Gasteiger partial charge is 0.328 e. The Hall–Kier alpha value is -1.59. The summed E-state index contributed by atoms with van der Waals surface area (Å²) >= 11 is 0. The van der Waals surface area contributed by atoms with Gasteiger partial charge in [-0.25, -0.2) is 0 Å². The molecule has 1 aromatic heterocycles. The van der Waals surface area contributed by atoms with Gasteiger partial charge in [-0.15, -0.1) is 0 Å². The van der Waals surface area contributed by atoms with Crippen molar-refractivity contribution in [2.75, 3.05) is 0 Å². The molecule has 0 aliphatic rings. The molecule has 0 aromatic carbocycles. The summed E-state index contributed by atoms with van der Waals surface area (Å²) in [5.41, 5.74) is -3.15. The van der Waals surface area contributed by atoms with Crippen molar-refractivity contribution in [2.24, 2.45) is 0 Å². The van der Waals surface area contributed by atoms with Crippen LogP contribution in [0.4, 0.5) is 13.2 Å². The number of nitrogens with one attached hydrogen (secondary N) is 1. The summed E-state index contributed by atoms with van der Waals surface area (Å²) in [4.78, 5) is 22.9. The number of halogens is 3. The van der Waals surface area contributed by atoms with Crippen molar-refractivity contribution >= 4 is 6.29 Å². The Labute approximate surface area is 70.2 Å². The molecule has 70 valence electrons. The zero-order valence-electron chi connectivity index (χ0n) is 6.18. The highest BCUT2D eigenvalue weighted by Gasteiger charge is 2.34. The second-order valence-corrected chi connectivity index (χ2v) is 2.25. The Morgan fingerprint density at radius 2 is 2.00 bits per heavy atom. The Kier molecular flexibility index (Phi) is 2.22. The molecule has 0 fully saturated rings. The van der Waals surface area contributed by atoms with Gasteiger partial charge in [0.1, 0.15) is 0 Å². The molecule has 1 heterocycles. The zero-order valence-corrected chi connectivity index (χ0v) is 6.18. The Morgan fingerprint density at radius 1 is 1.38 bits per heavy atom. The van der Waals surface area contributed by atoms with E-state index in [0.29, 0.717) is 6.07 Å². The maximum atomic E-state index is 12.1. The molecule has 0 unspecified atom stereocenters. The van der Waals surface area contributed by atoms with Crippen LogP contribution in [0.3, 0.4) is 0 Å². The lowest BCUT2D eigenvalue weighted by atomic mass is 10.1. The van der Waals surface area contributed by atoms with Crippen LogP contribution in [-0.4, -0.2) is 11.3 Å². The van der Waals surface area contributed by atoms with Crippen LogP contribution < -0.4 is 5.56 Å². The average Bonchev–Trinajstić information content (AvgIpc) is 2.02.